The van der Waals surface area contributed by atoms with E-state index in [0.717, 1.165) is 22.9 Å². The highest BCUT2D eigenvalue weighted by atomic mass is 35.5. The molecule has 1 N–H and O–H groups in total. The molecule has 29 heavy (non-hydrogen) atoms. The Morgan fingerprint density at radius 3 is 2.55 bits per heavy atom. The number of esters is 1. The van der Waals surface area contributed by atoms with Crippen LogP contribution in [0.4, 0.5) is 5.13 Å². The summed E-state index contributed by atoms with van der Waals surface area (Å²) in [5.74, 6) is -0.206. The number of hydrogen-bond acceptors (Lipinski definition) is 7. The maximum absolute atomic E-state index is 13.0. The number of carbonyl (C=O) groups is 2. The number of ether oxygens (including phenoxy) is 1. The third-order valence-corrected chi connectivity index (χ3v) is 6.43. The second-order valence-corrected chi connectivity index (χ2v) is 8.22. The van der Waals surface area contributed by atoms with E-state index in [2.05, 4.69) is 19.9 Å². The fourth-order valence-corrected chi connectivity index (χ4v) is 4.68. The van der Waals surface area contributed by atoms with E-state index >= 15 is 0 Å². The van der Waals surface area contributed by atoms with Crippen molar-refractivity contribution in [2.24, 2.45) is 0 Å². The fraction of sp³-hybridized carbons (Fsp3) is 0.579. The Kier molecular flexibility index (Phi) is 6.79. The van der Waals surface area contributed by atoms with Gasteiger partial charge in [0.05, 0.1) is 24.5 Å². The molecule has 1 aliphatic rings. The molecule has 8 nitrogen and oxygen atoms in total. The summed E-state index contributed by atoms with van der Waals surface area (Å²) in [5.41, 5.74) is 1.52. The van der Waals surface area contributed by atoms with Gasteiger partial charge in [0.25, 0.3) is 5.91 Å². The molecule has 2 aromatic rings. The topological polar surface area (TPSA) is 91.4 Å². The van der Waals surface area contributed by atoms with Gasteiger partial charge in [0.1, 0.15) is 4.88 Å². The smallest absolute Gasteiger partial charge is 0.350 e. The van der Waals surface area contributed by atoms with Gasteiger partial charge >= 0.3 is 5.97 Å². The first-order valence-electron chi connectivity index (χ1n) is 9.81. The number of aryl methyl sites for hydroxylation is 2. The van der Waals surface area contributed by atoms with E-state index in [1.807, 2.05) is 25.7 Å². The van der Waals surface area contributed by atoms with Crippen molar-refractivity contribution in [2.75, 3.05) is 31.6 Å². The van der Waals surface area contributed by atoms with Crippen molar-refractivity contribution in [1.82, 2.24) is 19.9 Å². The summed E-state index contributed by atoms with van der Waals surface area (Å²) >= 11 is 7.45. The Hall–Kier alpha value is -2.13. The van der Waals surface area contributed by atoms with E-state index in [9.17, 15) is 9.59 Å². The molecule has 0 radical (unpaired) electrons. The molecule has 0 unspecified atom stereocenters. The Morgan fingerprint density at radius 1 is 1.28 bits per heavy atom. The predicted octanol–water partition coefficient (Wildman–Crippen LogP) is 3.17. The summed E-state index contributed by atoms with van der Waals surface area (Å²) in [6, 6.07) is 0.0620. The van der Waals surface area contributed by atoms with Gasteiger partial charge < -0.3 is 19.5 Å². The zero-order valence-electron chi connectivity index (χ0n) is 17.1. The minimum Gasteiger partial charge on any atom is -0.465 e. The van der Waals surface area contributed by atoms with E-state index in [4.69, 9.17) is 16.3 Å². The Morgan fingerprint density at radius 2 is 2.00 bits per heavy atom. The van der Waals surface area contributed by atoms with Crippen molar-refractivity contribution in [1.29, 1.82) is 0 Å². The number of anilines is 1. The van der Waals surface area contributed by atoms with Crippen LogP contribution in [0.5, 0.6) is 0 Å². The molecule has 0 bridgehead atoms. The van der Waals surface area contributed by atoms with Crippen LogP contribution in [0.15, 0.2) is 0 Å². The van der Waals surface area contributed by atoms with Crippen molar-refractivity contribution in [3.63, 3.8) is 0 Å². The molecule has 0 saturated carbocycles. The molecular formula is C19H26ClN5O3S. The summed E-state index contributed by atoms with van der Waals surface area (Å²) < 4.78 is 4.85. The predicted molar refractivity (Wildman–Crippen MR) is 113 cm³/mol. The first-order valence-corrected chi connectivity index (χ1v) is 11.0. The number of aromatic amines is 1. The highest BCUT2D eigenvalue weighted by Gasteiger charge is 2.37. The van der Waals surface area contributed by atoms with Crippen LogP contribution in [0.2, 0.25) is 5.15 Å². The van der Waals surface area contributed by atoms with Gasteiger partial charge in [-0.3, -0.25) is 4.79 Å². The summed E-state index contributed by atoms with van der Waals surface area (Å²) in [6.45, 7) is 7.94. The zero-order valence-corrected chi connectivity index (χ0v) is 18.7. The number of methoxy groups -OCH3 is 1. The van der Waals surface area contributed by atoms with Gasteiger partial charge in [-0.15, -0.1) is 0 Å². The Bertz CT molecular complexity index is 891. The molecule has 1 saturated heterocycles. The van der Waals surface area contributed by atoms with Crippen molar-refractivity contribution in [3.05, 3.63) is 27.2 Å². The van der Waals surface area contributed by atoms with Crippen LogP contribution in [0.3, 0.4) is 0 Å². The van der Waals surface area contributed by atoms with Gasteiger partial charge in [-0.05, 0) is 19.3 Å². The standard InChI is InChI=1S/C19H26ClN5O3S/c1-5-8-25(17(26)16-21-13(7-3)15(20)23-16)11-9-24(10-11)19-22-12(6-2)14(29-19)18(27)28-4/h11H,5-10H2,1-4H3,(H,21,23). The van der Waals surface area contributed by atoms with E-state index < -0.39 is 0 Å². The van der Waals surface area contributed by atoms with E-state index in [-0.39, 0.29) is 23.7 Å². The highest BCUT2D eigenvalue weighted by molar-refractivity contribution is 7.17. The number of amides is 1. The highest BCUT2D eigenvalue weighted by Crippen LogP contribution is 2.32. The maximum atomic E-state index is 13.0. The van der Waals surface area contributed by atoms with E-state index in [0.29, 0.717) is 42.5 Å². The van der Waals surface area contributed by atoms with Crippen LogP contribution in [0.1, 0.15) is 58.9 Å². The number of carbonyl (C=O) groups excluding carboxylic acids is 2. The number of nitrogens with zero attached hydrogens (tertiary/aromatic N) is 4. The van der Waals surface area contributed by atoms with Gasteiger partial charge in [0, 0.05) is 19.6 Å². The van der Waals surface area contributed by atoms with Gasteiger partial charge in [-0.25, -0.2) is 14.8 Å². The number of imidazole rings is 1. The minimum absolute atomic E-state index is 0.0620. The van der Waals surface area contributed by atoms with Gasteiger partial charge in [0.15, 0.2) is 16.1 Å². The average Bonchev–Trinajstić information content (AvgIpc) is 3.28. The third-order valence-electron chi connectivity index (χ3n) is 4.98. The number of halogens is 1. The second kappa shape index (κ2) is 9.13. The monoisotopic (exact) mass is 439 g/mol. The molecular weight excluding hydrogens is 414 g/mol. The second-order valence-electron chi connectivity index (χ2n) is 6.88. The lowest BCUT2D eigenvalue weighted by atomic mass is 10.1. The van der Waals surface area contributed by atoms with E-state index in [1.165, 1.54) is 18.4 Å². The fourth-order valence-electron chi connectivity index (χ4n) is 3.33. The van der Waals surface area contributed by atoms with Gasteiger partial charge in [-0.2, -0.15) is 0 Å². The summed E-state index contributed by atoms with van der Waals surface area (Å²) in [6.07, 6.45) is 2.20. The van der Waals surface area contributed by atoms with Crippen LogP contribution in [-0.4, -0.2) is 64.5 Å². The zero-order chi connectivity index (χ0) is 21.1. The lowest BCUT2D eigenvalue weighted by Crippen LogP contribution is -2.61. The summed E-state index contributed by atoms with van der Waals surface area (Å²) in [5, 5.41) is 1.14. The molecule has 3 heterocycles. The number of aromatic nitrogens is 3. The molecule has 0 aliphatic carbocycles. The summed E-state index contributed by atoms with van der Waals surface area (Å²) in [4.78, 5) is 41.3. The van der Waals surface area contributed by atoms with E-state index in [1.54, 1.807) is 0 Å². The molecule has 3 rings (SSSR count). The number of H-pyrrole nitrogens is 1. The van der Waals surface area contributed by atoms with Crippen molar-refractivity contribution >= 4 is 39.9 Å². The first-order chi connectivity index (χ1) is 13.9. The molecule has 1 amide bonds. The Labute approximate surface area is 179 Å². The quantitative estimate of drug-likeness (QED) is 0.635. The maximum Gasteiger partial charge on any atom is 0.350 e. The lowest BCUT2D eigenvalue weighted by Gasteiger charge is -2.45. The molecule has 0 aromatic carbocycles. The molecule has 0 atom stereocenters. The normalized spacial score (nSPS) is 14.0. The number of rotatable bonds is 8. The lowest BCUT2D eigenvalue weighted by molar-refractivity contribution is 0.0602. The Balaban J connectivity index is 1.72. The van der Waals surface area contributed by atoms with Crippen LogP contribution in [0, 0.1) is 0 Å². The van der Waals surface area contributed by atoms with Crippen LogP contribution in [0.25, 0.3) is 0 Å². The largest absolute Gasteiger partial charge is 0.465 e. The summed E-state index contributed by atoms with van der Waals surface area (Å²) in [7, 11) is 1.37. The number of hydrogen-bond donors (Lipinski definition) is 1. The molecule has 2 aromatic heterocycles. The third kappa shape index (κ3) is 4.25. The van der Waals surface area contributed by atoms with Crippen molar-refractivity contribution < 1.29 is 14.3 Å². The van der Waals surface area contributed by atoms with Crippen molar-refractivity contribution in [2.45, 2.75) is 46.1 Å². The molecule has 10 heteroatoms. The molecule has 1 fully saturated rings. The van der Waals surface area contributed by atoms with Crippen LogP contribution in [-0.2, 0) is 17.6 Å². The van der Waals surface area contributed by atoms with Crippen LogP contribution >= 0.6 is 22.9 Å². The SMILES string of the molecule is CCCN(C(=O)c1nc(Cl)c(CC)[nH]1)C1CN(c2nc(CC)c(C(=O)OC)s2)C1. The average molecular weight is 440 g/mol. The first kappa shape index (κ1) is 21.6. The number of nitrogens with one attached hydrogen (secondary N) is 1. The van der Waals surface area contributed by atoms with Gasteiger partial charge in [-0.1, -0.05) is 43.7 Å². The number of thiazole rings is 1. The van der Waals surface area contributed by atoms with Crippen molar-refractivity contribution in [3.8, 4) is 0 Å². The molecule has 0 spiro atoms. The molecule has 1 aliphatic heterocycles. The van der Waals surface area contributed by atoms with Gasteiger partial charge in [0.2, 0.25) is 0 Å². The molecule has 158 valence electrons. The van der Waals surface area contributed by atoms with Crippen LogP contribution < -0.4 is 4.90 Å². The minimum atomic E-state index is -0.355.